The van der Waals surface area contributed by atoms with Crippen LogP contribution in [0.15, 0.2) is 28.0 Å². The number of nitrogens with zero attached hydrogens (tertiary/aromatic N) is 1. The van der Waals surface area contributed by atoms with E-state index >= 15 is 0 Å². The lowest BCUT2D eigenvalue weighted by Gasteiger charge is -2.18. The Labute approximate surface area is 96.1 Å². The van der Waals surface area contributed by atoms with E-state index in [1.165, 1.54) is 7.11 Å². The number of allylic oxidation sites excluding steroid dienone is 1. The van der Waals surface area contributed by atoms with Gasteiger partial charge in [-0.3, -0.25) is 0 Å². The predicted molar refractivity (Wildman–Crippen MR) is 64.2 cm³/mol. The molecule has 1 heterocycles. The lowest BCUT2D eigenvalue weighted by molar-refractivity contribution is -0.136. The molecule has 0 bridgehead atoms. The van der Waals surface area contributed by atoms with Crippen molar-refractivity contribution >= 4 is 12.7 Å². The summed E-state index contributed by atoms with van der Waals surface area (Å²) < 4.78 is 4.65. The largest absolute Gasteiger partial charge is 0.466 e. The number of rotatable bonds is 3. The van der Waals surface area contributed by atoms with Gasteiger partial charge in [0.2, 0.25) is 0 Å². The van der Waals surface area contributed by atoms with E-state index in [1.807, 2.05) is 0 Å². The van der Waals surface area contributed by atoms with E-state index in [-0.39, 0.29) is 11.5 Å². The SMILES string of the molecule is C=NC1=C(/C=C(\C)C(=O)OC)CC(C)(C)N1. The molecule has 1 rings (SSSR count). The number of aliphatic imine (C=N–C) groups is 1. The van der Waals surface area contributed by atoms with Gasteiger partial charge in [-0.25, -0.2) is 9.79 Å². The van der Waals surface area contributed by atoms with Gasteiger partial charge in [-0.2, -0.15) is 0 Å². The Morgan fingerprint density at radius 3 is 2.75 bits per heavy atom. The summed E-state index contributed by atoms with van der Waals surface area (Å²) in [5.74, 6) is 0.425. The van der Waals surface area contributed by atoms with E-state index in [9.17, 15) is 4.79 Å². The van der Waals surface area contributed by atoms with Crippen LogP contribution in [-0.2, 0) is 9.53 Å². The summed E-state index contributed by atoms with van der Waals surface area (Å²) >= 11 is 0. The molecule has 0 aromatic heterocycles. The van der Waals surface area contributed by atoms with Crippen molar-refractivity contribution in [3.8, 4) is 0 Å². The van der Waals surface area contributed by atoms with Crippen LogP contribution in [0, 0.1) is 0 Å². The van der Waals surface area contributed by atoms with E-state index in [2.05, 4.69) is 35.6 Å². The van der Waals surface area contributed by atoms with Gasteiger partial charge in [-0.1, -0.05) is 0 Å². The second-order valence-corrected chi connectivity index (χ2v) is 4.54. The summed E-state index contributed by atoms with van der Waals surface area (Å²) in [5.41, 5.74) is 1.51. The minimum atomic E-state index is -0.319. The van der Waals surface area contributed by atoms with Crippen molar-refractivity contribution < 1.29 is 9.53 Å². The number of methoxy groups -OCH3 is 1. The number of hydrogen-bond donors (Lipinski definition) is 1. The zero-order chi connectivity index (χ0) is 12.3. The second-order valence-electron chi connectivity index (χ2n) is 4.54. The molecule has 88 valence electrons. The molecule has 4 heteroatoms. The predicted octanol–water partition coefficient (Wildman–Crippen LogP) is 1.79. The van der Waals surface area contributed by atoms with Crippen molar-refractivity contribution in [3.63, 3.8) is 0 Å². The summed E-state index contributed by atoms with van der Waals surface area (Å²) in [6.07, 6.45) is 2.62. The second kappa shape index (κ2) is 4.51. The molecule has 0 amide bonds. The van der Waals surface area contributed by atoms with Gasteiger partial charge in [0, 0.05) is 11.1 Å². The third kappa shape index (κ3) is 2.72. The van der Waals surface area contributed by atoms with E-state index in [0.29, 0.717) is 5.57 Å². The third-order valence-electron chi connectivity index (χ3n) is 2.45. The van der Waals surface area contributed by atoms with Gasteiger partial charge >= 0.3 is 5.97 Å². The van der Waals surface area contributed by atoms with Crippen LogP contribution in [0.3, 0.4) is 0 Å². The monoisotopic (exact) mass is 222 g/mol. The summed E-state index contributed by atoms with van der Waals surface area (Å²) in [6.45, 7) is 9.39. The number of hydrogen-bond acceptors (Lipinski definition) is 4. The third-order valence-corrected chi connectivity index (χ3v) is 2.45. The first-order chi connectivity index (χ1) is 7.39. The molecule has 0 saturated heterocycles. The Kier molecular flexibility index (Phi) is 3.52. The Morgan fingerprint density at radius 2 is 2.25 bits per heavy atom. The Balaban J connectivity index is 2.96. The maximum atomic E-state index is 11.3. The van der Waals surface area contributed by atoms with E-state index < -0.39 is 0 Å². The maximum Gasteiger partial charge on any atom is 0.333 e. The van der Waals surface area contributed by atoms with Crippen molar-refractivity contribution in [2.24, 2.45) is 4.99 Å². The van der Waals surface area contributed by atoms with Crippen LogP contribution in [0.5, 0.6) is 0 Å². The fourth-order valence-electron chi connectivity index (χ4n) is 1.75. The molecule has 16 heavy (non-hydrogen) atoms. The highest BCUT2D eigenvalue weighted by Crippen LogP contribution is 2.29. The number of carbonyl (C=O) groups excluding carboxylic acids is 1. The average Bonchev–Trinajstić information content (AvgIpc) is 2.51. The van der Waals surface area contributed by atoms with E-state index in [1.54, 1.807) is 13.0 Å². The van der Waals surface area contributed by atoms with Crippen molar-refractivity contribution in [1.29, 1.82) is 0 Å². The van der Waals surface area contributed by atoms with Crippen molar-refractivity contribution in [2.75, 3.05) is 7.11 Å². The molecule has 0 fully saturated rings. The van der Waals surface area contributed by atoms with Crippen LogP contribution < -0.4 is 5.32 Å². The summed E-state index contributed by atoms with van der Waals surface area (Å²) in [5, 5.41) is 3.25. The van der Waals surface area contributed by atoms with Gasteiger partial charge in [0.05, 0.1) is 7.11 Å². The number of esters is 1. The van der Waals surface area contributed by atoms with Gasteiger partial charge in [0.15, 0.2) is 0 Å². The highest BCUT2D eigenvalue weighted by atomic mass is 16.5. The lowest BCUT2D eigenvalue weighted by atomic mass is 9.98. The molecule has 0 radical (unpaired) electrons. The molecule has 0 aromatic carbocycles. The minimum absolute atomic E-state index is 0.0429. The Hall–Kier alpha value is -1.58. The van der Waals surface area contributed by atoms with Crippen LogP contribution in [0.4, 0.5) is 0 Å². The summed E-state index contributed by atoms with van der Waals surface area (Å²) in [7, 11) is 1.37. The Morgan fingerprint density at radius 1 is 1.62 bits per heavy atom. The first-order valence-electron chi connectivity index (χ1n) is 5.14. The number of nitrogens with one attached hydrogen (secondary N) is 1. The molecule has 1 aliphatic rings. The quantitative estimate of drug-likeness (QED) is 0.450. The molecule has 0 spiro atoms. The van der Waals surface area contributed by atoms with Crippen molar-refractivity contribution in [2.45, 2.75) is 32.7 Å². The highest BCUT2D eigenvalue weighted by Gasteiger charge is 2.28. The smallest absolute Gasteiger partial charge is 0.333 e. The lowest BCUT2D eigenvalue weighted by Crippen LogP contribution is -2.32. The molecule has 1 N–H and O–H groups in total. The van der Waals surface area contributed by atoms with Crippen LogP contribution in [-0.4, -0.2) is 25.3 Å². The molecular weight excluding hydrogens is 204 g/mol. The van der Waals surface area contributed by atoms with Crippen LogP contribution in [0.25, 0.3) is 0 Å². The van der Waals surface area contributed by atoms with E-state index in [4.69, 9.17) is 0 Å². The zero-order valence-electron chi connectivity index (χ0n) is 10.3. The standard InChI is InChI=1S/C12H18N2O2/c1-8(11(15)16-5)6-9-7-12(2,3)14-10(9)13-4/h6,14H,4,7H2,1-3,5H3/b8-6+. The first kappa shape index (κ1) is 12.5. The summed E-state index contributed by atoms with van der Waals surface area (Å²) in [4.78, 5) is 15.2. The molecule has 1 aliphatic heterocycles. The molecule has 0 unspecified atom stereocenters. The van der Waals surface area contributed by atoms with Crippen molar-refractivity contribution in [3.05, 3.63) is 23.0 Å². The van der Waals surface area contributed by atoms with Crippen LogP contribution in [0.1, 0.15) is 27.2 Å². The molecule has 0 aromatic rings. The van der Waals surface area contributed by atoms with Gasteiger partial charge in [0.1, 0.15) is 5.82 Å². The zero-order valence-corrected chi connectivity index (χ0v) is 10.3. The van der Waals surface area contributed by atoms with Crippen LogP contribution >= 0.6 is 0 Å². The van der Waals surface area contributed by atoms with Gasteiger partial charge in [-0.05, 0) is 45.6 Å². The van der Waals surface area contributed by atoms with Crippen LogP contribution in [0.2, 0.25) is 0 Å². The fourth-order valence-corrected chi connectivity index (χ4v) is 1.75. The van der Waals surface area contributed by atoms with E-state index in [0.717, 1.165) is 17.8 Å². The normalized spacial score (nSPS) is 19.4. The van der Waals surface area contributed by atoms with Gasteiger partial charge < -0.3 is 10.1 Å². The fraction of sp³-hybridized carbons (Fsp3) is 0.500. The molecule has 4 nitrogen and oxygen atoms in total. The average molecular weight is 222 g/mol. The first-order valence-corrected chi connectivity index (χ1v) is 5.14. The topological polar surface area (TPSA) is 50.7 Å². The highest BCUT2D eigenvalue weighted by molar-refractivity contribution is 5.88. The number of ether oxygens (including phenoxy) is 1. The van der Waals surface area contributed by atoms with Gasteiger partial charge in [0.25, 0.3) is 0 Å². The maximum absolute atomic E-state index is 11.3. The molecule has 0 saturated carbocycles. The molecular formula is C12H18N2O2. The molecule has 0 aliphatic carbocycles. The summed E-state index contributed by atoms with van der Waals surface area (Å²) in [6, 6.07) is 0. The van der Waals surface area contributed by atoms with Crippen molar-refractivity contribution in [1.82, 2.24) is 5.32 Å². The number of carbonyl (C=O) groups is 1. The van der Waals surface area contributed by atoms with Gasteiger partial charge in [-0.15, -0.1) is 0 Å². The minimum Gasteiger partial charge on any atom is -0.466 e. The molecule has 0 atom stereocenters. The Bertz CT molecular complexity index is 378.